The highest BCUT2D eigenvalue weighted by atomic mass is 35.5. The van der Waals surface area contributed by atoms with Crippen LogP contribution in [0.1, 0.15) is 11.3 Å². The van der Waals surface area contributed by atoms with Crippen LogP contribution in [0.3, 0.4) is 0 Å². The van der Waals surface area contributed by atoms with E-state index in [0.29, 0.717) is 22.1 Å². The highest BCUT2D eigenvalue weighted by Crippen LogP contribution is 2.37. The molecule has 2 aromatic heterocycles. The SMILES string of the molecule is CNc1n[nH]c(-c2n[nH]nc2C)c1-c1ccc(CO)c(Cl)c1. The first kappa shape index (κ1) is 14.6. The van der Waals surface area contributed by atoms with E-state index in [4.69, 9.17) is 11.6 Å². The molecule has 0 atom stereocenters. The summed E-state index contributed by atoms with van der Waals surface area (Å²) in [6.45, 7) is 1.77. The molecule has 0 saturated heterocycles. The molecule has 7 nitrogen and oxygen atoms in total. The van der Waals surface area contributed by atoms with Crippen molar-refractivity contribution in [3.63, 3.8) is 0 Å². The zero-order valence-corrected chi connectivity index (χ0v) is 12.9. The Hall–Kier alpha value is -2.38. The number of hydrogen-bond donors (Lipinski definition) is 4. The molecule has 0 fully saturated rings. The molecule has 0 saturated carbocycles. The van der Waals surface area contributed by atoms with Crippen LogP contribution in [0.25, 0.3) is 22.5 Å². The van der Waals surface area contributed by atoms with Gasteiger partial charge in [-0.1, -0.05) is 23.7 Å². The molecule has 114 valence electrons. The summed E-state index contributed by atoms with van der Waals surface area (Å²) in [5.74, 6) is 0.685. The van der Waals surface area contributed by atoms with Crippen molar-refractivity contribution in [1.29, 1.82) is 0 Å². The van der Waals surface area contributed by atoms with Crippen molar-refractivity contribution in [2.75, 3.05) is 12.4 Å². The summed E-state index contributed by atoms with van der Waals surface area (Å²) in [6.07, 6.45) is 0. The number of benzene rings is 1. The van der Waals surface area contributed by atoms with E-state index < -0.39 is 0 Å². The van der Waals surface area contributed by atoms with E-state index in [1.54, 1.807) is 19.2 Å². The predicted octanol–water partition coefficient (Wildman–Crippen LogP) is 2.36. The molecule has 4 N–H and O–H groups in total. The number of rotatable bonds is 4. The Balaban J connectivity index is 2.19. The van der Waals surface area contributed by atoms with Crippen LogP contribution in [-0.4, -0.2) is 37.8 Å². The van der Waals surface area contributed by atoms with Gasteiger partial charge in [0.25, 0.3) is 0 Å². The van der Waals surface area contributed by atoms with Gasteiger partial charge in [-0.05, 0) is 24.1 Å². The summed E-state index contributed by atoms with van der Waals surface area (Å²) in [5, 5.41) is 30.9. The summed E-state index contributed by atoms with van der Waals surface area (Å²) < 4.78 is 0. The molecule has 0 aliphatic heterocycles. The van der Waals surface area contributed by atoms with E-state index in [1.165, 1.54) is 0 Å². The van der Waals surface area contributed by atoms with Crippen molar-refractivity contribution in [1.82, 2.24) is 25.6 Å². The lowest BCUT2D eigenvalue weighted by molar-refractivity contribution is 0.282. The number of aryl methyl sites for hydroxylation is 1. The minimum Gasteiger partial charge on any atom is -0.392 e. The fourth-order valence-electron chi connectivity index (χ4n) is 2.33. The summed E-state index contributed by atoms with van der Waals surface area (Å²) in [5.41, 5.74) is 4.63. The average molecular weight is 319 g/mol. The second-order valence-corrected chi connectivity index (χ2v) is 5.20. The third kappa shape index (κ3) is 2.34. The Morgan fingerprint density at radius 3 is 2.68 bits per heavy atom. The van der Waals surface area contributed by atoms with Crippen LogP contribution in [0, 0.1) is 6.92 Å². The third-order valence-electron chi connectivity index (χ3n) is 3.47. The molecule has 22 heavy (non-hydrogen) atoms. The first-order valence-electron chi connectivity index (χ1n) is 6.69. The van der Waals surface area contributed by atoms with E-state index in [1.807, 2.05) is 13.0 Å². The maximum Gasteiger partial charge on any atom is 0.156 e. The maximum absolute atomic E-state index is 9.24. The normalized spacial score (nSPS) is 10.9. The highest BCUT2D eigenvalue weighted by molar-refractivity contribution is 6.31. The number of halogens is 1. The molecule has 0 amide bonds. The topological polar surface area (TPSA) is 103 Å². The van der Waals surface area contributed by atoms with Crippen LogP contribution in [0.2, 0.25) is 5.02 Å². The van der Waals surface area contributed by atoms with Crippen LogP contribution >= 0.6 is 11.6 Å². The number of aliphatic hydroxyl groups excluding tert-OH is 1. The van der Waals surface area contributed by atoms with Crippen LogP contribution < -0.4 is 5.32 Å². The summed E-state index contributed by atoms with van der Waals surface area (Å²) in [4.78, 5) is 0. The molecule has 0 aliphatic carbocycles. The lowest BCUT2D eigenvalue weighted by Crippen LogP contribution is -1.93. The molecule has 3 rings (SSSR count). The maximum atomic E-state index is 9.24. The Morgan fingerprint density at radius 1 is 1.27 bits per heavy atom. The molecular formula is C14H15ClN6O. The minimum absolute atomic E-state index is 0.0986. The number of hydrogen-bond acceptors (Lipinski definition) is 5. The Kier molecular flexibility index (Phi) is 3.82. The molecule has 2 heterocycles. The van der Waals surface area contributed by atoms with Gasteiger partial charge >= 0.3 is 0 Å². The van der Waals surface area contributed by atoms with Gasteiger partial charge in [0.1, 0.15) is 5.69 Å². The van der Waals surface area contributed by atoms with Crippen LogP contribution in [-0.2, 0) is 6.61 Å². The lowest BCUT2D eigenvalue weighted by Gasteiger charge is -2.07. The molecule has 3 aromatic rings. The second-order valence-electron chi connectivity index (χ2n) is 4.79. The van der Waals surface area contributed by atoms with Gasteiger partial charge in [-0.15, -0.1) is 0 Å². The number of aromatic nitrogens is 5. The number of aliphatic hydroxyl groups is 1. The molecule has 0 bridgehead atoms. The second kappa shape index (κ2) is 5.78. The molecule has 0 radical (unpaired) electrons. The van der Waals surface area contributed by atoms with Crippen molar-refractivity contribution in [3.05, 3.63) is 34.5 Å². The van der Waals surface area contributed by atoms with Gasteiger partial charge in [-0.25, -0.2) is 0 Å². The number of H-pyrrole nitrogens is 2. The Bertz CT molecular complexity index is 810. The minimum atomic E-state index is -0.0986. The van der Waals surface area contributed by atoms with Gasteiger partial charge in [0.05, 0.1) is 23.6 Å². The molecule has 8 heteroatoms. The van der Waals surface area contributed by atoms with E-state index in [2.05, 4.69) is 30.9 Å². The van der Waals surface area contributed by atoms with Gasteiger partial charge in [-0.2, -0.15) is 20.5 Å². The summed E-state index contributed by atoms with van der Waals surface area (Å²) >= 11 is 6.21. The van der Waals surface area contributed by atoms with E-state index in [0.717, 1.165) is 22.5 Å². The summed E-state index contributed by atoms with van der Waals surface area (Å²) in [7, 11) is 1.79. The monoisotopic (exact) mass is 318 g/mol. The van der Waals surface area contributed by atoms with Crippen LogP contribution in [0.4, 0.5) is 5.82 Å². The summed E-state index contributed by atoms with van der Waals surface area (Å²) in [6, 6.07) is 5.49. The standard InChI is InChI=1S/C14H15ClN6O/c1-7-12(19-21-17-7)13-11(14(16-2)20-18-13)8-3-4-9(6-22)10(15)5-8/h3-5,22H,6H2,1-2H3,(H2,16,18,20)(H,17,19,21). The quantitative estimate of drug-likeness (QED) is 0.591. The van der Waals surface area contributed by atoms with E-state index in [-0.39, 0.29) is 6.61 Å². The first-order chi connectivity index (χ1) is 10.7. The van der Waals surface area contributed by atoms with Gasteiger partial charge in [-0.3, -0.25) is 5.10 Å². The largest absolute Gasteiger partial charge is 0.392 e. The fourth-order valence-corrected chi connectivity index (χ4v) is 2.57. The van der Waals surface area contributed by atoms with E-state index in [9.17, 15) is 5.11 Å². The van der Waals surface area contributed by atoms with E-state index >= 15 is 0 Å². The van der Waals surface area contributed by atoms with Crippen molar-refractivity contribution in [2.45, 2.75) is 13.5 Å². The molecule has 0 unspecified atom stereocenters. The van der Waals surface area contributed by atoms with Crippen molar-refractivity contribution < 1.29 is 5.11 Å². The Labute approximate surface area is 131 Å². The molecule has 0 spiro atoms. The van der Waals surface area contributed by atoms with Crippen molar-refractivity contribution in [2.24, 2.45) is 0 Å². The lowest BCUT2D eigenvalue weighted by atomic mass is 10.0. The van der Waals surface area contributed by atoms with Gasteiger partial charge in [0.15, 0.2) is 5.82 Å². The van der Waals surface area contributed by atoms with Gasteiger partial charge in [0, 0.05) is 12.1 Å². The number of anilines is 1. The van der Waals surface area contributed by atoms with Crippen LogP contribution in [0.5, 0.6) is 0 Å². The Morgan fingerprint density at radius 2 is 2.09 bits per heavy atom. The molecule has 1 aromatic carbocycles. The molecule has 0 aliphatic rings. The fraction of sp³-hybridized carbons (Fsp3) is 0.214. The zero-order chi connectivity index (χ0) is 15.7. The van der Waals surface area contributed by atoms with Gasteiger partial charge in [0.2, 0.25) is 0 Å². The highest BCUT2D eigenvalue weighted by Gasteiger charge is 2.20. The number of aromatic amines is 2. The number of nitrogens with zero attached hydrogens (tertiary/aromatic N) is 3. The molecular weight excluding hydrogens is 304 g/mol. The first-order valence-corrected chi connectivity index (χ1v) is 7.07. The average Bonchev–Trinajstić information content (AvgIpc) is 3.12. The zero-order valence-electron chi connectivity index (χ0n) is 12.1. The predicted molar refractivity (Wildman–Crippen MR) is 84.6 cm³/mol. The smallest absolute Gasteiger partial charge is 0.156 e. The number of nitrogens with one attached hydrogen (secondary N) is 3. The van der Waals surface area contributed by atoms with Crippen molar-refractivity contribution in [3.8, 4) is 22.5 Å². The van der Waals surface area contributed by atoms with Crippen molar-refractivity contribution >= 4 is 17.4 Å². The third-order valence-corrected chi connectivity index (χ3v) is 3.83. The van der Waals surface area contributed by atoms with Crippen LogP contribution in [0.15, 0.2) is 18.2 Å². The van der Waals surface area contributed by atoms with Gasteiger partial charge < -0.3 is 10.4 Å².